The minimum atomic E-state index is -0.227. The van der Waals surface area contributed by atoms with Crippen LogP contribution in [0.5, 0.6) is 0 Å². The summed E-state index contributed by atoms with van der Waals surface area (Å²) in [4.78, 5) is 10.6. The molecule has 0 N–H and O–H groups in total. The molecule has 0 aromatic heterocycles. The van der Waals surface area contributed by atoms with E-state index >= 15 is 0 Å². The lowest BCUT2D eigenvalue weighted by Crippen LogP contribution is -2.12. The normalized spacial score (nSPS) is 16.6. The average molecular weight is 154 g/mol. The molecule has 0 fully saturated rings. The van der Waals surface area contributed by atoms with Crippen LogP contribution in [0.25, 0.3) is 0 Å². The Kier molecular flexibility index (Phi) is 4.84. The van der Waals surface area contributed by atoms with E-state index in [1.54, 1.807) is 0 Å². The number of aldehydes is 1. The van der Waals surface area contributed by atoms with Crippen LogP contribution in [0.1, 0.15) is 40.0 Å². The van der Waals surface area contributed by atoms with Crippen molar-refractivity contribution in [3.05, 3.63) is 12.2 Å². The van der Waals surface area contributed by atoms with Crippen molar-refractivity contribution in [3.63, 3.8) is 0 Å². The van der Waals surface area contributed by atoms with Crippen LogP contribution in [0.4, 0.5) is 0 Å². The van der Waals surface area contributed by atoms with E-state index in [9.17, 15) is 4.79 Å². The number of rotatable bonds is 5. The summed E-state index contributed by atoms with van der Waals surface area (Å²) in [5.74, 6) is 0. The Morgan fingerprint density at radius 3 is 2.36 bits per heavy atom. The summed E-state index contributed by atoms with van der Waals surface area (Å²) in [5.41, 5.74) is -0.227. The summed E-state index contributed by atoms with van der Waals surface area (Å²) < 4.78 is 0. The summed E-state index contributed by atoms with van der Waals surface area (Å²) in [6.45, 7) is 6.13. The highest BCUT2D eigenvalue weighted by molar-refractivity contribution is 5.61. The molecule has 0 heterocycles. The fraction of sp³-hybridized carbons (Fsp3) is 0.700. The Hall–Kier alpha value is -0.590. The van der Waals surface area contributed by atoms with Gasteiger partial charge in [-0.1, -0.05) is 32.4 Å². The van der Waals surface area contributed by atoms with Crippen molar-refractivity contribution in [1.82, 2.24) is 0 Å². The average Bonchev–Trinajstić information content (AvgIpc) is 2.05. The maximum Gasteiger partial charge on any atom is 0.129 e. The van der Waals surface area contributed by atoms with Crippen molar-refractivity contribution in [2.45, 2.75) is 40.0 Å². The van der Waals surface area contributed by atoms with Gasteiger partial charge in [0.05, 0.1) is 0 Å². The minimum Gasteiger partial charge on any atom is -0.302 e. The second-order valence-corrected chi connectivity index (χ2v) is 3.17. The Bertz CT molecular complexity index is 138. The van der Waals surface area contributed by atoms with E-state index < -0.39 is 0 Å². The SMILES string of the molecule is CCCC=CC(C)(C=O)CC. The number of carbonyl (C=O) groups is 1. The fourth-order valence-electron chi connectivity index (χ4n) is 0.760. The third-order valence-electron chi connectivity index (χ3n) is 1.98. The molecule has 0 saturated heterocycles. The molecule has 0 spiro atoms. The van der Waals surface area contributed by atoms with Crippen molar-refractivity contribution < 1.29 is 4.79 Å². The van der Waals surface area contributed by atoms with E-state index in [2.05, 4.69) is 13.0 Å². The molecule has 0 aliphatic carbocycles. The van der Waals surface area contributed by atoms with E-state index in [1.165, 1.54) is 0 Å². The zero-order valence-electron chi connectivity index (χ0n) is 7.76. The molecule has 64 valence electrons. The van der Waals surface area contributed by atoms with Crippen molar-refractivity contribution in [2.24, 2.45) is 5.41 Å². The lowest BCUT2D eigenvalue weighted by Gasteiger charge is -2.14. The topological polar surface area (TPSA) is 17.1 Å². The van der Waals surface area contributed by atoms with Crippen LogP contribution >= 0.6 is 0 Å². The highest BCUT2D eigenvalue weighted by Crippen LogP contribution is 2.19. The summed E-state index contributed by atoms with van der Waals surface area (Å²) >= 11 is 0. The Morgan fingerprint density at radius 1 is 1.36 bits per heavy atom. The molecule has 1 atom stereocenters. The van der Waals surface area contributed by atoms with Gasteiger partial charge in [0.25, 0.3) is 0 Å². The zero-order chi connectivity index (χ0) is 8.74. The van der Waals surface area contributed by atoms with Crippen LogP contribution in [-0.4, -0.2) is 6.29 Å². The third kappa shape index (κ3) is 3.97. The predicted molar refractivity (Wildman–Crippen MR) is 48.5 cm³/mol. The first kappa shape index (κ1) is 10.4. The van der Waals surface area contributed by atoms with E-state index in [1.807, 2.05) is 19.9 Å². The maximum absolute atomic E-state index is 10.6. The van der Waals surface area contributed by atoms with Crippen LogP contribution in [0.15, 0.2) is 12.2 Å². The molecule has 0 rings (SSSR count). The van der Waals surface area contributed by atoms with Gasteiger partial charge in [-0.25, -0.2) is 0 Å². The lowest BCUT2D eigenvalue weighted by atomic mass is 9.89. The largest absolute Gasteiger partial charge is 0.302 e. The number of hydrogen-bond donors (Lipinski definition) is 0. The Balaban J connectivity index is 3.95. The lowest BCUT2D eigenvalue weighted by molar-refractivity contribution is -0.113. The standard InChI is InChI=1S/C10H18O/c1-4-6-7-8-10(3,5-2)9-11/h7-9H,4-6H2,1-3H3. The molecule has 1 unspecified atom stereocenters. The number of carbonyl (C=O) groups excluding carboxylic acids is 1. The molecule has 1 heteroatoms. The first-order valence-electron chi connectivity index (χ1n) is 4.32. The number of allylic oxidation sites excluding steroid dienone is 2. The maximum atomic E-state index is 10.6. The predicted octanol–water partition coefficient (Wildman–Crippen LogP) is 2.96. The number of unbranched alkanes of at least 4 members (excludes halogenated alkanes) is 1. The van der Waals surface area contributed by atoms with Crippen LogP contribution in [0.2, 0.25) is 0 Å². The highest BCUT2D eigenvalue weighted by atomic mass is 16.1. The van der Waals surface area contributed by atoms with Gasteiger partial charge in [0.15, 0.2) is 0 Å². The quantitative estimate of drug-likeness (QED) is 0.439. The van der Waals surface area contributed by atoms with E-state index in [0.29, 0.717) is 0 Å². The van der Waals surface area contributed by atoms with Gasteiger partial charge in [0.1, 0.15) is 6.29 Å². The van der Waals surface area contributed by atoms with Crippen LogP contribution in [0, 0.1) is 5.41 Å². The van der Waals surface area contributed by atoms with Crippen molar-refractivity contribution in [1.29, 1.82) is 0 Å². The molecule has 0 aromatic rings. The first-order valence-corrected chi connectivity index (χ1v) is 4.32. The molecular formula is C10H18O. The highest BCUT2D eigenvalue weighted by Gasteiger charge is 2.15. The minimum absolute atomic E-state index is 0.227. The zero-order valence-corrected chi connectivity index (χ0v) is 7.76. The summed E-state index contributed by atoms with van der Waals surface area (Å²) in [6.07, 6.45) is 8.25. The molecule has 0 aromatic carbocycles. The van der Waals surface area contributed by atoms with E-state index in [0.717, 1.165) is 25.5 Å². The van der Waals surface area contributed by atoms with Gasteiger partial charge >= 0.3 is 0 Å². The molecule has 0 radical (unpaired) electrons. The molecular weight excluding hydrogens is 136 g/mol. The van der Waals surface area contributed by atoms with Crippen LogP contribution in [-0.2, 0) is 4.79 Å². The second kappa shape index (κ2) is 5.11. The molecule has 0 aliphatic rings. The van der Waals surface area contributed by atoms with Crippen molar-refractivity contribution in [2.75, 3.05) is 0 Å². The molecule has 0 bridgehead atoms. The second-order valence-electron chi connectivity index (χ2n) is 3.17. The fourth-order valence-corrected chi connectivity index (χ4v) is 0.760. The Morgan fingerprint density at radius 2 is 2.00 bits per heavy atom. The van der Waals surface area contributed by atoms with Gasteiger partial charge in [-0.15, -0.1) is 0 Å². The smallest absolute Gasteiger partial charge is 0.129 e. The monoisotopic (exact) mass is 154 g/mol. The molecule has 0 aliphatic heterocycles. The number of hydrogen-bond acceptors (Lipinski definition) is 1. The summed E-state index contributed by atoms with van der Waals surface area (Å²) in [5, 5.41) is 0. The first-order chi connectivity index (χ1) is 5.18. The van der Waals surface area contributed by atoms with E-state index in [4.69, 9.17) is 0 Å². The van der Waals surface area contributed by atoms with Crippen LogP contribution < -0.4 is 0 Å². The van der Waals surface area contributed by atoms with Crippen molar-refractivity contribution >= 4 is 6.29 Å². The van der Waals surface area contributed by atoms with Gasteiger partial charge in [-0.3, -0.25) is 0 Å². The molecule has 1 nitrogen and oxygen atoms in total. The van der Waals surface area contributed by atoms with E-state index in [-0.39, 0.29) is 5.41 Å². The Labute approximate surface area is 69.5 Å². The molecule has 0 saturated carbocycles. The van der Waals surface area contributed by atoms with Gasteiger partial charge in [0, 0.05) is 5.41 Å². The molecule has 11 heavy (non-hydrogen) atoms. The van der Waals surface area contributed by atoms with Gasteiger partial charge in [-0.2, -0.15) is 0 Å². The summed E-state index contributed by atoms with van der Waals surface area (Å²) in [6, 6.07) is 0. The van der Waals surface area contributed by atoms with Gasteiger partial charge in [-0.05, 0) is 19.8 Å². The summed E-state index contributed by atoms with van der Waals surface area (Å²) in [7, 11) is 0. The van der Waals surface area contributed by atoms with Crippen molar-refractivity contribution in [3.8, 4) is 0 Å². The molecule has 0 amide bonds. The third-order valence-corrected chi connectivity index (χ3v) is 1.98. The van der Waals surface area contributed by atoms with Gasteiger partial charge < -0.3 is 4.79 Å². The van der Waals surface area contributed by atoms with Gasteiger partial charge in [0.2, 0.25) is 0 Å². The van der Waals surface area contributed by atoms with Crippen LogP contribution in [0.3, 0.4) is 0 Å².